The maximum atomic E-state index is 11.7. The monoisotopic (exact) mass is 226 g/mol. The Morgan fingerprint density at radius 1 is 1.69 bits per heavy atom. The van der Waals surface area contributed by atoms with Gasteiger partial charge in [0.1, 0.15) is 6.04 Å². The lowest BCUT2D eigenvalue weighted by molar-refractivity contribution is -0.143. The van der Waals surface area contributed by atoms with E-state index in [1.165, 1.54) is 4.90 Å². The highest BCUT2D eigenvalue weighted by Crippen LogP contribution is 2.26. The quantitative estimate of drug-likeness (QED) is 0.669. The molecular formula is C11H18N2O3. The van der Waals surface area contributed by atoms with Crippen LogP contribution in [0.5, 0.6) is 0 Å². The second-order valence-corrected chi connectivity index (χ2v) is 3.87. The van der Waals surface area contributed by atoms with Crippen molar-refractivity contribution < 1.29 is 14.7 Å². The van der Waals surface area contributed by atoms with E-state index in [9.17, 15) is 14.7 Å². The van der Waals surface area contributed by atoms with Crippen LogP contribution < -0.4 is 5.73 Å². The average molecular weight is 226 g/mol. The van der Waals surface area contributed by atoms with Gasteiger partial charge in [-0.3, -0.25) is 9.59 Å². The summed E-state index contributed by atoms with van der Waals surface area (Å²) < 4.78 is 0. The van der Waals surface area contributed by atoms with Crippen LogP contribution in [0, 0.1) is 0 Å². The molecule has 1 unspecified atom stereocenters. The number of nitrogens with two attached hydrogens (primary N) is 1. The van der Waals surface area contributed by atoms with Crippen molar-refractivity contribution in [3.05, 3.63) is 11.6 Å². The molecule has 16 heavy (non-hydrogen) atoms. The van der Waals surface area contributed by atoms with Crippen LogP contribution in [0.2, 0.25) is 0 Å². The normalized spacial score (nSPS) is 25.2. The summed E-state index contributed by atoms with van der Waals surface area (Å²) in [7, 11) is 0. The number of aliphatic hydroxyl groups excluding tert-OH is 1. The molecule has 90 valence electrons. The van der Waals surface area contributed by atoms with E-state index < -0.39 is 18.2 Å². The summed E-state index contributed by atoms with van der Waals surface area (Å²) in [6.45, 7) is 3.69. The minimum absolute atomic E-state index is 0.179. The van der Waals surface area contributed by atoms with E-state index in [4.69, 9.17) is 5.73 Å². The summed E-state index contributed by atoms with van der Waals surface area (Å²) in [4.78, 5) is 24.0. The van der Waals surface area contributed by atoms with Crippen LogP contribution in [0.25, 0.3) is 0 Å². The number of likely N-dealkylation sites (tertiary alicyclic amines) is 1. The summed E-state index contributed by atoms with van der Waals surface area (Å²) >= 11 is 0. The van der Waals surface area contributed by atoms with Crippen molar-refractivity contribution in [3.8, 4) is 0 Å². The van der Waals surface area contributed by atoms with E-state index in [0.29, 0.717) is 12.0 Å². The van der Waals surface area contributed by atoms with E-state index in [1.54, 1.807) is 6.92 Å². The molecule has 1 saturated heterocycles. The summed E-state index contributed by atoms with van der Waals surface area (Å²) in [5.41, 5.74) is 5.87. The van der Waals surface area contributed by atoms with E-state index in [0.717, 1.165) is 6.42 Å². The molecule has 3 N–H and O–H groups in total. The predicted molar refractivity (Wildman–Crippen MR) is 59.1 cm³/mol. The van der Waals surface area contributed by atoms with Gasteiger partial charge in [0.15, 0.2) is 6.23 Å². The third-order valence-electron chi connectivity index (χ3n) is 2.76. The fourth-order valence-corrected chi connectivity index (χ4v) is 1.99. The number of amides is 2. The van der Waals surface area contributed by atoms with Gasteiger partial charge < -0.3 is 15.7 Å². The van der Waals surface area contributed by atoms with Crippen LogP contribution in [0.4, 0.5) is 0 Å². The molecule has 1 aliphatic heterocycles. The molecule has 0 saturated carbocycles. The van der Waals surface area contributed by atoms with Crippen molar-refractivity contribution in [2.75, 3.05) is 0 Å². The van der Waals surface area contributed by atoms with Gasteiger partial charge >= 0.3 is 0 Å². The summed E-state index contributed by atoms with van der Waals surface area (Å²) in [6, 6.07) is -0.717. The number of hydrogen-bond acceptors (Lipinski definition) is 3. The molecule has 0 aromatic carbocycles. The molecule has 0 bridgehead atoms. The van der Waals surface area contributed by atoms with Gasteiger partial charge in [-0.1, -0.05) is 19.9 Å². The number of rotatable bonds is 4. The number of carbonyl (C=O) groups is 2. The van der Waals surface area contributed by atoms with E-state index in [1.807, 2.05) is 13.0 Å². The number of allylic oxidation sites excluding steroid dienone is 1. The SMILES string of the molecule is CC/C=C1/CC(=O)N([C@@H](CC)C(N)=O)C1O. The molecule has 1 fully saturated rings. The molecule has 2 amide bonds. The highest BCUT2D eigenvalue weighted by Gasteiger charge is 2.39. The fourth-order valence-electron chi connectivity index (χ4n) is 1.99. The number of carbonyl (C=O) groups excluding carboxylic acids is 2. The van der Waals surface area contributed by atoms with E-state index in [2.05, 4.69) is 0 Å². The van der Waals surface area contributed by atoms with Gasteiger partial charge in [0.2, 0.25) is 11.8 Å². The molecule has 2 atom stereocenters. The van der Waals surface area contributed by atoms with Crippen LogP contribution in [0.15, 0.2) is 11.6 Å². The molecule has 0 aromatic rings. The Morgan fingerprint density at radius 3 is 2.75 bits per heavy atom. The molecule has 1 aliphatic rings. The standard InChI is InChI=1S/C11H18N2O3/c1-3-5-7-6-9(14)13(11(7)16)8(4-2)10(12)15/h5,8,11,16H,3-4,6H2,1-2H3,(H2,12,15)/b7-5-/t8-,11?/m0/s1. The third-order valence-corrected chi connectivity index (χ3v) is 2.76. The summed E-state index contributed by atoms with van der Waals surface area (Å²) in [5, 5.41) is 9.93. The molecule has 0 radical (unpaired) electrons. The van der Waals surface area contributed by atoms with Gasteiger partial charge in [-0.05, 0) is 18.4 Å². The van der Waals surface area contributed by atoms with Gasteiger partial charge in [0.05, 0.1) is 6.42 Å². The zero-order chi connectivity index (χ0) is 12.3. The van der Waals surface area contributed by atoms with E-state index >= 15 is 0 Å². The lowest BCUT2D eigenvalue weighted by Gasteiger charge is -2.27. The van der Waals surface area contributed by atoms with Gasteiger partial charge in [-0.15, -0.1) is 0 Å². The Labute approximate surface area is 94.9 Å². The highest BCUT2D eigenvalue weighted by molar-refractivity contribution is 5.90. The Balaban J connectivity index is 2.93. The van der Waals surface area contributed by atoms with Gasteiger partial charge in [-0.2, -0.15) is 0 Å². The number of aliphatic hydroxyl groups is 1. The third kappa shape index (κ3) is 2.24. The zero-order valence-corrected chi connectivity index (χ0v) is 9.64. The Bertz CT molecular complexity index is 325. The Kier molecular flexibility index (Phi) is 4.06. The topological polar surface area (TPSA) is 83.6 Å². The minimum atomic E-state index is -0.995. The Hall–Kier alpha value is -1.36. The highest BCUT2D eigenvalue weighted by atomic mass is 16.3. The molecule has 5 heteroatoms. The number of hydrogen-bond donors (Lipinski definition) is 2. The van der Waals surface area contributed by atoms with Crippen molar-refractivity contribution in [3.63, 3.8) is 0 Å². The summed E-state index contributed by atoms with van der Waals surface area (Å²) in [6.07, 6.45) is 2.16. The van der Waals surface area contributed by atoms with Crippen molar-refractivity contribution in [2.45, 2.75) is 45.4 Å². The second kappa shape index (κ2) is 5.12. The van der Waals surface area contributed by atoms with Crippen molar-refractivity contribution in [1.29, 1.82) is 0 Å². The largest absolute Gasteiger partial charge is 0.369 e. The van der Waals surface area contributed by atoms with Crippen LogP contribution in [-0.2, 0) is 9.59 Å². The molecule has 1 rings (SSSR count). The van der Waals surface area contributed by atoms with Crippen molar-refractivity contribution in [1.82, 2.24) is 4.90 Å². The molecule has 0 aromatic heterocycles. The van der Waals surface area contributed by atoms with Crippen LogP contribution in [-0.4, -0.2) is 34.1 Å². The van der Waals surface area contributed by atoms with Crippen molar-refractivity contribution in [2.24, 2.45) is 5.73 Å². The van der Waals surface area contributed by atoms with Gasteiger partial charge in [0.25, 0.3) is 0 Å². The molecular weight excluding hydrogens is 208 g/mol. The fraction of sp³-hybridized carbons (Fsp3) is 0.636. The minimum Gasteiger partial charge on any atom is -0.369 e. The summed E-state index contributed by atoms with van der Waals surface area (Å²) in [5.74, 6) is -0.814. The van der Waals surface area contributed by atoms with Gasteiger partial charge in [0, 0.05) is 0 Å². The van der Waals surface area contributed by atoms with E-state index in [-0.39, 0.29) is 12.3 Å². The Morgan fingerprint density at radius 2 is 2.31 bits per heavy atom. The first-order chi connectivity index (χ1) is 7.52. The smallest absolute Gasteiger partial charge is 0.240 e. The van der Waals surface area contributed by atoms with Crippen LogP contribution >= 0.6 is 0 Å². The molecule has 5 nitrogen and oxygen atoms in total. The molecule has 1 heterocycles. The molecule has 0 aliphatic carbocycles. The van der Waals surface area contributed by atoms with Crippen molar-refractivity contribution >= 4 is 11.8 Å². The first-order valence-corrected chi connectivity index (χ1v) is 5.50. The molecule has 0 spiro atoms. The van der Waals surface area contributed by atoms with Crippen LogP contribution in [0.1, 0.15) is 33.1 Å². The second-order valence-electron chi connectivity index (χ2n) is 3.87. The van der Waals surface area contributed by atoms with Crippen LogP contribution in [0.3, 0.4) is 0 Å². The lowest BCUT2D eigenvalue weighted by atomic mass is 10.1. The lowest BCUT2D eigenvalue weighted by Crippen LogP contribution is -2.49. The predicted octanol–water partition coefficient (Wildman–Crippen LogP) is 0.137. The number of nitrogens with zero attached hydrogens (tertiary/aromatic N) is 1. The first-order valence-electron chi connectivity index (χ1n) is 5.50. The maximum Gasteiger partial charge on any atom is 0.240 e. The average Bonchev–Trinajstić information content (AvgIpc) is 2.47. The first kappa shape index (κ1) is 12.7. The maximum absolute atomic E-state index is 11.7. The zero-order valence-electron chi connectivity index (χ0n) is 9.64. The number of primary amides is 1. The van der Waals surface area contributed by atoms with Gasteiger partial charge in [-0.25, -0.2) is 0 Å².